The first-order valence-electron chi connectivity index (χ1n) is 9.65. The van der Waals surface area contributed by atoms with Gasteiger partial charge in [0.1, 0.15) is 11.5 Å². The van der Waals surface area contributed by atoms with E-state index in [0.717, 1.165) is 69.9 Å². The molecule has 0 aromatic rings. The van der Waals surface area contributed by atoms with Gasteiger partial charge in [0.2, 0.25) is 0 Å². The molecule has 1 atom stereocenters. The zero-order chi connectivity index (χ0) is 17.5. The lowest BCUT2D eigenvalue weighted by Crippen LogP contribution is -2.28. The van der Waals surface area contributed by atoms with E-state index in [9.17, 15) is 0 Å². The number of hydrogen-bond acceptors (Lipinski definition) is 3. The maximum absolute atomic E-state index is 5.76. The van der Waals surface area contributed by atoms with Gasteiger partial charge in [-0.05, 0) is 62.8 Å². The van der Waals surface area contributed by atoms with Crippen LogP contribution in [0.15, 0.2) is 59.1 Å². The highest BCUT2D eigenvalue weighted by atomic mass is 16.5. The van der Waals surface area contributed by atoms with Crippen LogP contribution in [0.1, 0.15) is 39.0 Å². The summed E-state index contributed by atoms with van der Waals surface area (Å²) < 4.78 is 11.4. The normalized spacial score (nSPS) is 24.6. The third-order valence-electron chi connectivity index (χ3n) is 5.23. The highest BCUT2D eigenvalue weighted by molar-refractivity contribution is 5.35. The van der Waals surface area contributed by atoms with Crippen LogP contribution in [0.4, 0.5) is 0 Å². The van der Waals surface area contributed by atoms with E-state index in [4.69, 9.17) is 9.47 Å². The lowest BCUT2D eigenvalue weighted by molar-refractivity contribution is 0.238. The number of methoxy groups -OCH3 is 1. The lowest BCUT2D eigenvalue weighted by Gasteiger charge is -2.28. The molecule has 0 saturated heterocycles. The Labute approximate surface area is 152 Å². The molecular weight excluding hydrogens is 310 g/mol. The van der Waals surface area contributed by atoms with Gasteiger partial charge in [-0.1, -0.05) is 23.8 Å². The first-order chi connectivity index (χ1) is 12.3. The van der Waals surface area contributed by atoms with E-state index in [1.54, 1.807) is 7.11 Å². The van der Waals surface area contributed by atoms with Gasteiger partial charge in [-0.15, -0.1) is 0 Å². The second-order valence-corrected chi connectivity index (χ2v) is 6.96. The fourth-order valence-electron chi connectivity index (χ4n) is 3.88. The average molecular weight is 341 g/mol. The summed E-state index contributed by atoms with van der Waals surface area (Å²) in [4.78, 5) is 2.56. The molecule has 1 unspecified atom stereocenters. The minimum Gasteiger partial charge on any atom is -0.497 e. The molecule has 0 radical (unpaired) electrons. The Balaban J connectivity index is 1.70. The third kappa shape index (κ3) is 4.88. The van der Waals surface area contributed by atoms with E-state index in [1.165, 1.54) is 11.1 Å². The minimum absolute atomic E-state index is 0.445. The van der Waals surface area contributed by atoms with E-state index >= 15 is 0 Å². The molecular formula is C22H31NO2. The third-order valence-corrected chi connectivity index (χ3v) is 5.23. The van der Waals surface area contributed by atoms with E-state index in [2.05, 4.69) is 41.4 Å². The first kappa shape index (κ1) is 18.1. The second-order valence-electron chi connectivity index (χ2n) is 6.96. The Morgan fingerprint density at radius 3 is 2.64 bits per heavy atom. The van der Waals surface area contributed by atoms with Crippen LogP contribution >= 0.6 is 0 Å². The number of ether oxygens (including phenoxy) is 2. The standard InChI is InChI=1S/C22H31NO2/c1-3-25-21-10-8-9-18(15-21)19-11-12-20(22(16-19)24-2)17-23-13-6-4-5-7-14-23/h4-5,8,10,15-16,18H,3,6-7,9,11-14,17H2,1-2H3. The summed E-state index contributed by atoms with van der Waals surface area (Å²) >= 11 is 0. The van der Waals surface area contributed by atoms with Gasteiger partial charge in [0.05, 0.1) is 13.7 Å². The predicted molar refractivity (Wildman–Crippen MR) is 103 cm³/mol. The fourth-order valence-corrected chi connectivity index (χ4v) is 3.88. The molecule has 2 aliphatic carbocycles. The average Bonchev–Trinajstić information content (AvgIpc) is 2.91. The number of rotatable bonds is 6. The van der Waals surface area contributed by atoms with Gasteiger partial charge in [0.25, 0.3) is 0 Å². The van der Waals surface area contributed by atoms with Gasteiger partial charge in [-0.2, -0.15) is 0 Å². The molecule has 0 saturated carbocycles. The topological polar surface area (TPSA) is 21.7 Å². The molecule has 3 aliphatic rings. The van der Waals surface area contributed by atoms with Crippen molar-refractivity contribution in [1.82, 2.24) is 4.90 Å². The molecule has 0 amide bonds. The quantitative estimate of drug-likeness (QED) is 0.650. The van der Waals surface area contributed by atoms with Crippen molar-refractivity contribution >= 4 is 0 Å². The second kappa shape index (κ2) is 9.10. The van der Waals surface area contributed by atoms with Gasteiger partial charge in [-0.25, -0.2) is 0 Å². The van der Waals surface area contributed by atoms with Gasteiger partial charge in [-0.3, -0.25) is 4.90 Å². The van der Waals surface area contributed by atoms with Gasteiger partial charge in [0.15, 0.2) is 0 Å². The monoisotopic (exact) mass is 341 g/mol. The molecule has 0 N–H and O–H groups in total. The molecule has 0 aromatic carbocycles. The molecule has 0 spiro atoms. The highest BCUT2D eigenvalue weighted by Gasteiger charge is 2.22. The van der Waals surface area contributed by atoms with Crippen molar-refractivity contribution < 1.29 is 9.47 Å². The van der Waals surface area contributed by atoms with Gasteiger partial charge < -0.3 is 9.47 Å². The van der Waals surface area contributed by atoms with Crippen LogP contribution in [0.2, 0.25) is 0 Å². The van der Waals surface area contributed by atoms with Crippen LogP contribution in [0.5, 0.6) is 0 Å². The van der Waals surface area contributed by atoms with Crippen molar-refractivity contribution in [3.8, 4) is 0 Å². The molecule has 0 fully saturated rings. The van der Waals surface area contributed by atoms with Crippen molar-refractivity contribution in [2.75, 3.05) is 33.4 Å². The lowest BCUT2D eigenvalue weighted by atomic mass is 9.84. The van der Waals surface area contributed by atoms with Crippen LogP contribution in [0.25, 0.3) is 0 Å². The van der Waals surface area contributed by atoms with Crippen LogP contribution in [0, 0.1) is 5.92 Å². The van der Waals surface area contributed by atoms with E-state index in [1.807, 2.05) is 6.92 Å². The summed E-state index contributed by atoms with van der Waals surface area (Å²) in [6.45, 7) is 6.11. The highest BCUT2D eigenvalue weighted by Crippen LogP contribution is 2.34. The number of nitrogens with zero attached hydrogens (tertiary/aromatic N) is 1. The predicted octanol–water partition coefficient (Wildman–Crippen LogP) is 4.76. The Bertz CT molecular complexity index is 600. The van der Waals surface area contributed by atoms with Crippen LogP contribution in [-0.2, 0) is 9.47 Å². The van der Waals surface area contributed by atoms with Gasteiger partial charge >= 0.3 is 0 Å². The summed E-state index contributed by atoms with van der Waals surface area (Å²) in [5.74, 6) is 2.53. The van der Waals surface area contributed by atoms with E-state index in [-0.39, 0.29) is 0 Å². The van der Waals surface area contributed by atoms with Crippen LogP contribution in [0.3, 0.4) is 0 Å². The molecule has 3 rings (SSSR count). The Hall–Kier alpha value is -1.74. The summed E-state index contributed by atoms with van der Waals surface area (Å²) in [7, 11) is 1.81. The van der Waals surface area contributed by atoms with Crippen molar-refractivity contribution in [2.45, 2.75) is 39.0 Å². The molecule has 0 aromatic heterocycles. The molecule has 3 heteroatoms. The summed E-state index contributed by atoms with van der Waals surface area (Å²) in [6, 6.07) is 0. The molecule has 25 heavy (non-hydrogen) atoms. The zero-order valence-corrected chi connectivity index (χ0v) is 15.7. The van der Waals surface area contributed by atoms with E-state index < -0.39 is 0 Å². The number of hydrogen-bond donors (Lipinski definition) is 0. The molecule has 3 nitrogen and oxygen atoms in total. The van der Waals surface area contributed by atoms with Crippen LogP contribution in [-0.4, -0.2) is 38.3 Å². The summed E-state index contributed by atoms with van der Waals surface area (Å²) in [5.41, 5.74) is 2.92. The van der Waals surface area contributed by atoms with Crippen molar-refractivity contribution in [2.24, 2.45) is 5.92 Å². The fraction of sp³-hybridized carbons (Fsp3) is 0.545. The SMILES string of the molecule is CCOC1=CC(C2=CC(OC)=C(CN3CCC=CCC3)CC2)CC=C1. The zero-order valence-electron chi connectivity index (χ0n) is 15.7. The Morgan fingerprint density at radius 1 is 1.12 bits per heavy atom. The molecule has 136 valence electrons. The molecule has 0 bridgehead atoms. The Kier molecular flexibility index (Phi) is 6.57. The summed E-state index contributed by atoms with van der Waals surface area (Å²) in [6.07, 6.45) is 19.1. The van der Waals surface area contributed by atoms with Crippen molar-refractivity contribution in [3.63, 3.8) is 0 Å². The molecule has 1 aliphatic heterocycles. The first-order valence-corrected chi connectivity index (χ1v) is 9.65. The largest absolute Gasteiger partial charge is 0.497 e. The maximum Gasteiger partial charge on any atom is 0.119 e. The Morgan fingerprint density at radius 2 is 1.92 bits per heavy atom. The summed E-state index contributed by atoms with van der Waals surface area (Å²) in [5, 5.41) is 0. The van der Waals surface area contributed by atoms with Crippen LogP contribution < -0.4 is 0 Å². The maximum atomic E-state index is 5.76. The van der Waals surface area contributed by atoms with Crippen molar-refractivity contribution in [1.29, 1.82) is 0 Å². The smallest absolute Gasteiger partial charge is 0.119 e. The van der Waals surface area contributed by atoms with E-state index in [0.29, 0.717) is 5.92 Å². The molecule has 1 heterocycles. The van der Waals surface area contributed by atoms with Crippen molar-refractivity contribution in [3.05, 3.63) is 59.1 Å². The minimum atomic E-state index is 0.445. The van der Waals surface area contributed by atoms with Gasteiger partial charge in [0, 0.05) is 25.6 Å². The number of allylic oxidation sites excluding steroid dienone is 5.